The standard InChI is InChI=1S/C15H19F2N/c1-3-5-6-7-15(18-10-4-2)13-9-8-12(16)11-14(13)17/h1,8-9,11,15,18H,4-7,10H2,2H3. The van der Waals surface area contributed by atoms with Crippen LogP contribution in [0.15, 0.2) is 18.2 Å². The van der Waals surface area contributed by atoms with Crippen molar-refractivity contribution in [3.63, 3.8) is 0 Å². The van der Waals surface area contributed by atoms with Crippen LogP contribution in [-0.4, -0.2) is 6.54 Å². The highest BCUT2D eigenvalue weighted by Crippen LogP contribution is 2.23. The average Bonchev–Trinajstić information content (AvgIpc) is 2.34. The van der Waals surface area contributed by atoms with Crippen LogP contribution in [0.1, 0.15) is 44.2 Å². The van der Waals surface area contributed by atoms with Crippen LogP contribution in [0.25, 0.3) is 0 Å². The van der Waals surface area contributed by atoms with Gasteiger partial charge in [0.25, 0.3) is 0 Å². The van der Waals surface area contributed by atoms with Crippen molar-refractivity contribution in [2.45, 2.75) is 38.6 Å². The summed E-state index contributed by atoms with van der Waals surface area (Å²) in [5.74, 6) is 1.53. The van der Waals surface area contributed by atoms with Gasteiger partial charge in [0.1, 0.15) is 11.6 Å². The topological polar surface area (TPSA) is 12.0 Å². The number of hydrogen-bond acceptors (Lipinski definition) is 1. The van der Waals surface area contributed by atoms with Crippen LogP contribution in [0.3, 0.4) is 0 Å². The number of unbranched alkanes of at least 4 members (excludes halogenated alkanes) is 1. The fourth-order valence-electron chi connectivity index (χ4n) is 1.88. The largest absolute Gasteiger partial charge is 0.310 e. The van der Waals surface area contributed by atoms with Crippen LogP contribution in [-0.2, 0) is 0 Å². The zero-order valence-electron chi connectivity index (χ0n) is 10.7. The van der Waals surface area contributed by atoms with Crippen LogP contribution in [0.5, 0.6) is 0 Å². The molecule has 0 saturated heterocycles. The highest BCUT2D eigenvalue weighted by molar-refractivity contribution is 5.22. The highest BCUT2D eigenvalue weighted by atomic mass is 19.1. The van der Waals surface area contributed by atoms with E-state index in [-0.39, 0.29) is 6.04 Å². The first-order chi connectivity index (χ1) is 8.69. The lowest BCUT2D eigenvalue weighted by Crippen LogP contribution is -2.23. The Morgan fingerprint density at radius 2 is 2.17 bits per heavy atom. The molecule has 0 aliphatic heterocycles. The van der Waals surface area contributed by atoms with Gasteiger partial charge in [-0.25, -0.2) is 8.78 Å². The molecule has 1 N–H and O–H groups in total. The second-order valence-electron chi connectivity index (χ2n) is 4.27. The molecule has 0 radical (unpaired) electrons. The lowest BCUT2D eigenvalue weighted by atomic mass is 10.00. The maximum absolute atomic E-state index is 13.7. The van der Waals surface area contributed by atoms with Gasteiger partial charge in [0.2, 0.25) is 0 Å². The van der Waals surface area contributed by atoms with Crippen molar-refractivity contribution < 1.29 is 8.78 Å². The molecule has 0 aliphatic rings. The summed E-state index contributed by atoms with van der Waals surface area (Å²) in [6.45, 7) is 2.85. The predicted octanol–water partition coefficient (Wildman–Crippen LogP) is 3.81. The van der Waals surface area contributed by atoms with Crippen molar-refractivity contribution >= 4 is 0 Å². The Bertz CT molecular complexity index is 409. The SMILES string of the molecule is C#CCCCC(NCCC)c1ccc(F)cc1F. The van der Waals surface area contributed by atoms with Gasteiger partial charge in [0, 0.05) is 24.1 Å². The van der Waals surface area contributed by atoms with Gasteiger partial charge < -0.3 is 5.32 Å². The molecule has 3 heteroatoms. The molecule has 0 saturated carbocycles. The Balaban J connectivity index is 2.76. The van der Waals surface area contributed by atoms with Gasteiger partial charge in [-0.3, -0.25) is 0 Å². The summed E-state index contributed by atoms with van der Waals surface area (Å²) in [5.41, 5.74) is 0.516. The van der Waals surface area contributed by atoms with E-state index in [2.05, 4.69) is 11.2 Å². The summed E-state index contributed by atoms with van der Waals surface area (Å²) in [6, 6.07) is 3.63. The van der Waals surface area contributed by atoms with Gasteiger partial charge >= 0.3 is 0 Å². The quantitative estimate of drug-likeness (QED) is 0.574. The molecular formula is C15H19F2N. The monoisotopic (exact) mass is 251 g/mol. The van der Waals surface area contributed by atoms with E-state index in [0.717, 1.165) is 31.9 Å². The summed E-state index contributed by atoms with van der Waals surface area (Å²) >= 11 is 0. The predicted molar refractivity (Wildman–Crippen MR) is 70.1 cm³/mol. The Kier molecular flexibility index (Phi) is 6.38. The first kappa shape index (κ1) is 14.7. The molecule has 1 nitrogen and oxygen atoms in total. The van der Waals surface area contributed by atoms with Crippen molar-refractivity contribution in [2.75, 3.05) is 6.54 Å². The molecule has 18 heavy (non-hydrogen) atoms. The van der Waals surface area contributed by atoms with Crippen LogP contribution in [0.4, 0.5) is 8.78 Å². The minimum Gasteiger partial charge on any atom is -0.310 e. The summed E-state index contributed by atoms with van der Waals surface area (Å²) in [4.78, 5) is 0. The number of hydrogen-bond donors (Lipinski definition) is 1. The van der Waals surface area contributed by atoms with Crippen LogP contribution in [0.2, 0.25) is 0 Å². The second kappa shape index (κ2) is 7.84. The first-order valence-electron chi connectivity index (χ1n) is 6.30. The molecule has 98 valence electrons. The van der Waals surface area contributed by atoms with E-state index in [1.165, 1.54) is 12.1 Å². The van der Waals surface area contributed by atoms with E-state index in [1.807, 2.05) is 6.92 Å². The smallest absolute Gasteiger partial charge is 0.130 e. The molecule has 1 rings (SSSR count). The third kappa shape index (κ3) is 4.46. The molecular weight excluding hydrogens is 232 g/mol. The van der Waals surface area contributed by atoms with E-state index in [1.54, 1.807) is 0 Å². The lowest BCUT2D eigenvalue weighted by Gasteiger charge is -2.19. The maximum atomic E-state index is 13.7. The third-order valence-corrected chi connectivity index (χ3v) is 2.79. The average molecular weight is 251 g/mol. The molecule has 1 aromatic rings. The van der Waals surface area contributed by atoms with Gasteiger partial charge in [-0.15, -0.1) is 12.3 Å². The Morgan fingerprint density at radius 1 is 1.39 bits per heavy atom. The van der Waals surface area contributed by atoms with Gasteiger partial charge in [-0.1, -0.05) is 13.0 Å². The second-order valence-corrected chi connectivity index (χ2v) is 4.27. The van der Waals surface area contributed by atoms with Crippen molar-refractivity contribution in [3.8, 4) is 12.3 Å². The zero-order chi connectivity index (χ0) is 13.4. The van der Waals surface area contributed by atoms with Crippen molar-refractivity contribution in [3.05, 3.63) is 35.4 Å². The molecule has 0 fully saturated rings. The number of halogens is 2. The van der Waals surface area contributed by atoms with E-state index in [0.29, 0.717) is 12.0 Å². The van der Waals surface area contributed by atoms with Crippen molar-refractivity contribution in [1.29, 1.82) is 0 Å². The van der Waals surface area contributed by atoms with Gasteiger partial charge in [-0.05, 0) is 31.9 Å². The van der Waals surface area contributed by atoms with Gasteiger partial charge in [0.05, 0.1) is 0 Å². The Morgan fingerprint density at radius 3 is 2.78 bits per heavy atom. The van der Waals surface area contributed by atoms with Gasteiger partial charge in [0.15, 0.2) is 0 Å². The highest BCUT2D eigenvalue weighted by Gasteiger charge is 2.15. The summed E-state index contributed by atoms with van der Waals surface area (Å²) in [5, 5.41) is 3.27. The molecule has 0 aromatic heterocycles. The number of benzene rings is 1. The molecule has 1 aromatic carbocycles. The molecule has 0 bridgehead atoms. The minimum absolute atomic E-state index is 0.0982. The van der Waals surface area contributed by atoms with E-state index < -0.39 is 11.6 Å². The Labute approximate surface area is 108 Å². The Hall–Kier alpha value is -1.40. The van der Waals surface area contributed by atoms with E-state index in [9.17, 15) is 8.78 Å². The maximum Gasteiger partial charge on any atom is 0.130 e. The van der Waals surface area contributed by atoms with Gasteiger partial charge in [-0.2, -0.15) is 0 Å². The normalized spacial score (nSPS) is 12.1. The van der Waals surface area contributed by atoms with Crippen LogP contribution < -0.4 is 5.32 Å². The summed E-state index contributed by atoms with van der Waals surface area (Å²) in [7, 11) is 0. The summed E-state index contributed by atoms with van der Waals surface area (Å²) < 4.78 is 26.6. The van der Waals surface area contributed by atoms with Crippen LogP contribution in [0, 0.1) is 24.0 Å². The van der Waals surface area contributed by atoms with E-state index >= 15 is 0 Å². The van der Waals surface area contributed by atoms with Crippen LogP contribution >= 0.6 is 0 Å². The molecule has 1 unspecified atom stereocenters. The zero-order valence-corrected chi connectivity index (χ0v) is 10.7. The molecule has 1 atom stereocenters. The molecule has 0 amide bonds. The number of rotatable bonds is 7. The minimum atomic E-state index is -0.547. The number of terminal acetylenes is 1. The third-order valence-electron chi connectivity index (χ3n) is 2.79. The number of nitrogens with one attached hydrogen (secondary N) is 1. The molecule has 0 spiro atoms. The lowest BCUT2D eigenvalue weighted by molar-refractivity contribution is 0.461. The van der Waals surface area contributed by atoms with E-state index in [4.69, 9.17) is 6.42 Å². The van der Waals surface area contributed by atoms with Crippen molar-refractivity contribution in [2.24, 2.45) is 0 Å². The molecule has 0 aliphatic carbocycles. The fourth-order valence-corrected chi connectivity index (χ4v) is 1.88. The molecule has 0 heterocycles. The summed E-state index contributed by atoms with van der Waals surface area (Å²) in [6.07, 6.45) is 8.43. The van der Waals surface area contributed by atoms with Crippen molar-refractivity contribution in [1.82, 2.24) is 5.32 Å². The fraction of sp³-hybridized carbons (Fsp3) is 0.467. The first-order valence-corrected chi connectivity index (χ1v) is 6.30.